The molecule has 0 spiro atoms. The summed E-state index contributed by atoms with van der Waals surface area (Å²) in [6.07, 6.45) is 0.997. The molecule has 1 aromatic rings. The second-order valence-electron chi connectivity index (χ2n) is 6.47. The van der Waals surface area contributed by atoms with E-state index in [1.54, 1.807) is 12.1 Å². The molecule has 114 valence electrons. The van der Waals surface area contributed by atoms with Gasteiger partial charge in [0.2, 0.25) is 0 Å². The predicted molar refractivity (Wildman–Crippen MR) is 84.8 cm³/mol. The quantitative estimate of drug-likeness (QED) is 0.877. The summed E-state index contributed by atoms with van der Waals surface area (Å²) in [5, 5.41) is 3.37. The van der Waals surface area contributed by atoms with E-state index in [4.69, 9.17) is 0 Å². The highest BCUT2D eigenvalue weighted by Crippen LogP contribution is 2.23. The third kappa shape index (κ3) is 4.91. The molecular formula is C16H27NO2S. The molecule has 1 rings (SSSR count). The molecule has 1 unspecified atom stereocenters. The van der Waals surface area contributed by atoms with Gasteiger partial charge in [-0.25, -0.2) is 8.42 Å². The van der Waals surface area contributed by atoms with E-state index in [1.165, 1.54) is 0 Å². The highest BCUT2D eigenvalue weighted by molar-refractivity contribution is 7.91. The maximum absolute atomic E-state index is 12.5. The summed E-state index contributed by atoms with van der Waals surface area (Å²) in [4.78, 5) is 0.413. The first-order valence-corrected chi connectivity index (χ1v) is 8.85. The second kappa shape index (κ2) is 6.72. The summed E-state index contributed by atoms with van der Waals surface area (Å²) < 4.78 is 25.0. The molecule has 4 heteroatoms. The molecule has 0 aliphatic carbocycles. The van der Waals surface area contributed by atoms with Crippen LogP contribution in [-0.2, 0) is 9.84 Å². The number of benzene rings is 1. The first kappa shape index (κ1) is 17.2. The van der Waals surface area contributed by atoms with Gasteiger partial charge in [0.25, 0.3) is 0 Å². The second-order valence-corrected chi connectivity index (χ2v) is 8.50. The van der Waals surface area contributed by atoms with Crippen molar-refractivity contribution in [3.8, 4) is 0 Å². The Balaban J connectivity index is 2.93. The van der Waals surface area contributed by atoms with Crippen LogP contribution < -0.4 is 5.32 Å². The molecule has 0 heterocycles. The highest BCUT2D eigenvalue weighted by atomic mass is 32.2. The van der Waals surface area contributed by atoms with E-state index in [0.717, 1.165) is 18.5 Å². The monoisotopic (exact) mass is 297 g/mol. The normalized spacial score (nSPS) is 14.2. The zero-order valence-corrected chi connectivity index (χ0v) is 14.0. The summed E-state index contributed by atoms with van der Waals surface area (Å²) in [5.74, 6) is 0.138. The van der Waals surface area contributed by atoms with Gasteiger partial charge in [-0.3, -0.25) is 0 Å². The van der Waals surface area contributed by atoms with Crippen LogP contribution in [0.1, 0.15) is 39.7 Å². The average Bonchev–Trinajstić information content (AvgIpc) is 2.33. The summed E-state index contributed by atoms with van der Waals surface area (Å²) in [5.41, 5.74) is 0.980. The topological polar surface area (TPSA) is 46.2 Å². The largest absolute Gasteiger partial charge is 0.312 e. The van der Waals surface area contributed by atoms with Gasteiger partial charge in [-0.1, -0.05) is 45.4 Å². The smallest absolute Gasteiger partial charge is 0.179 e. The van der Waals surface area contributed by atoms with Gasteiger partial charge in [-0.2, -0.15) is 0 Å². The third-order valence-electron chi connectivity index (χ3n) is 3.45. The minimum absolute atomic E-state index is 0.0475. The van der Waals surface area contributed by atoms with Crippen LogP contribution in [0.15, 0.2) is 29.2 Å². The van der Waals surface area contributed by atoms with Gasteiger partial charge in [-0.05, 0) is 37.4 Å². The molecule has 3 nitrogen and oxygen atoms in total. The number of rotatable bonds is 6. The van der Waals surface area contributed by atoms with Gasteiger partial charge in [-0.15, -0.1) is 0 Å². The number of hydrogen-bond donors (Lipinski definition) is 1. The van der Waals surface area contributed by atoms with Crippen LogP contribution in [-0.4, -0.2) is 26.8 Å². The molecule has 1 aromatic carbocycles. The molecule has 0 aliphatic rings. The minimum Gasteiger partial charge on any atom is -0.312 e. The molecule has 1 N–H and O–H groups in total. The van der Waals surface area contributed by atoms with E-state index >= 15 is 0 Å². The van der Waals surface area contributed by atoms with E-state index in [0.29, 0.717) is 4.90 Å². The van der Waals surface area contributed by atoms with E-state index in [2.05, 4.69) is 33.0 Å². The Morgan fingerprint density at radius 1 is 1.15 bits per heavy atom. The summed E-state index contributed by atoms with van der Waals surface area (Å²) in [6, 6.07) is 7.04. The fourth-order valence-electron chi connectivity index (χ4n) is 1.99. The van der Waals surface area contributed by atoms with Gasteiger partial charge in [0.1, 0.15) is 0 Å². The molecule has 0 fully saturated rings. The Morgan fingerprint density at radius 2 is 1.70 bits per heavy atom. The van der Waals surface area contributed by atoms with Crippen molar-refractivity contribution < 1.29 is 8.42 Å². The Labute approximate surface area is 123 Å². The first-order chi connectivity index (χ1) is 9.16. The molecule has 20 heavy (non-hydrogen) atoms. The molecule has 0 radical (unpaired) electrons. The highest BCUT2D eigenvalue weighted by Gasteiger charge is 2.29. The van der Waals surface area contributed by atoms with Crippen LogP contribution >= 0.6 is 0 Å². The van der Waals surface area contributed by atoms with Gasteiger partial charge >= 0.3 is 0 Å². The van der Waals surface area contributed by atoms with Crippen molar-refractivity contribution in [2.24, 2.45) is 5.41 Å². The SMILES string of the molecule is CCCNC(CS(=O)(=O)c1ccc(C)cc1)C(C)(C)C. The zero-order valence-electron chi connectivity index (χ0n) is 13.2. The number of nitrogens with one attached hydrogen (secondary N) is 1. The van der Waals surface area contributed by atoms with Gasteiger partial charge in [0.15, 0.2) is 9.84 Å². The fraction of sp³-hybridized carbons (Fsp3) is 0.625. The Hall–Kier alpha value is -0.870. The zero-order chi connectivity index (χ0) is 15.4. The minimum atomic E-state index is -3.25. The van der Waals surface area contributed by atoms with Crippen molar-refractivity contribution in [1.29, 1.82) is 0 Å². The molecule has 0 aliphatic heterocycles. The van der Waals surface area contributed by atoms with Crippen molar-refractivity contribution in [3.05, 3.63) is 29.8 Å². The summed E-state index contributed by atoms with van der Waals surface area (Å²) in [7, 11) is -3.25. The van der Waals surface area contributed by atoms with Crippen molar-refractivity contribution in [2.75, 3.05) is 12.3 Å². The standard InChI is InChI=1S/C16H27NO2S/c1-6-11-17-15(16(3,4)5)12-20(18,19)14-9-7-13(2)8-10-14/h7-10,15,17H,6,11-12H2,1-5H3. The van der Waals surface area contributed by atoms with Gasteiger partial charge in [0, 0.05) is 6.04 Å². The van der Waals surface area contributed by atoms with E-state index in [1.807, 2.05) is 19.1 Å². The van der Waals surface area contributed by atoms with Crippen LogP contribution in [0.25, 0.3) is 0 Å². The van der Waals surface area contributed by atoms with Crippen LogP contribution in [0.2, 0.25) is 0 Å². The van der Waals surface area contributed by atoms with E-state index in [-0.39, 0.29) is 17.2 Å². The Morgan fingerprint density at radius 3 is 2.15 bits per heavy atom. The Kier molecular flexibility index (Phi) is 5.78. The lowest BCUT2D eigenvalue weighted by Crippen LogP contribution is -2.45. The number of aryl methyl sites for hydroxylation is 1. The van der Waals surface area contributed by atoms with Crippen LogP contribution in [0, 0.1) is 12.3 Å². The van der Waals surface area contributed by atoms with Gasteiger partial charge < -0.3 is 5.32 Å². The van der Waals surface area contributed by atoms with Crippen molar-refractivity contribution >= 4 is 9.84 Å². The molecule has 0 saturated heterocycles. The van der Waals surface area contributed by atoms with E-state index in [9.17, 15) is 8.42 Å². The lowest BCUT2D eigenvalue weighted by molar-refractivity contribution is 0.288. The van der Waals surface area contributed by atoms with Crippen LogP contribution in [0.5, 0.6) is 0 Å². The molecule has 0 aromatic heterocycles. The summed E-state index contributed by atoms with van der Waals surface area (Å²) in [6.45, 7) is 11.1. The molecule has 0 amide bonds. The average molecular weight is 297 g/mol. The van der Waals surface area contributed by atoms with Crippen LogP contribution in [0.4, 0.5) is 0 Å². The molecular weight excluding hydrogens is 270 g/mol. The Bertz CT molecular complexity index is 512. The summed E-state index contributed by atoms with van der Waals surface area (Å²) >= 11 is 0. The number of hydrogen-bond acceptors (Lipinski definition) is 3. The van der Waals surface area contributed by atoms with Crippen molar-refractivity contribution in [3.63, 3.8) is 0 Å². The predicted octanol–water partition coefficient (Wildman–Crippen LogP) is 3.18. The van der Waals surface area contributed by atoms with Crippen molar-refractivity contribution in [1.82, 2.24) is 5.32 Å². The first-order valence-electron chi connectivity index (χ1n) is 7.19. The maximum Gasteiger partial charge on any atom is 0.179 e. The van der Waals surface area contributed by atoms with E-state index < -0.39 is 9.84 Å². The molecule has 0 saturated carbocycles. The molecule has 0 bridgehead atoms. The number of sulfone groups is 1. The maximum atomic E-state index is 12.5. The lowest BCUT2D eigenvalue weighted by atomic mass is 9.88. The third-order valence-corrected chi connectivity index (χ3v) is 5.21. The fourth-order valence-corrected chi connectivity index (χ4v) is 3.79. The van der Waals surface area contributed by atoms with Gasteiger partial charge in [0.05, 0.1) is 10.6 Å². The van der Waals surface area contributed by atoms with Crippen LogP contribution in [0.3, 0.4) is 0 Å². The van der Waals surface area contributed by atoms with Crippen molar-refractivity contribution in [2.45, 2.75) is 52.0 Å². The lowest BCUT2D eigenvalue weighted by Gasteiger charge is -2.31. The molecule has 1 atom stereocenters.